The normalized spacial score (nSPS) is 12.1. The molecule has 0 saturated heterocycles. The van der Waals surface area contributed by atoms with E-state index < -0.39 is 6.10 Å². The second-order valence-electron chi connectivity index (χ2n) is 7.88. The van der Waals surface area contributed by atoms with Gasteiger partial charge in [0.15, 0.2) is 11.5 Å². The highest BCUT2D eigenvalue weighted by molar-refractivity contribution is 5.55. The molecular weight excluding hydrogens is 418 g/mol. The van der Waals surface area contributed by atoms with E-state index in [2.05, 4.69) is 0 Å². The van der Waals surface area contributed by atoms with E-state index in [1.807, 2.05) is 84.7 Å². The number of ether oxygens (including phenoxy) is 4. The van der Waals surface area contributed by atoms with Gasteiger partial charge in [-0.3, -0.25) is 4.90 Å². The minimum absolute atomic E-state index is 0.210. The summed E-state index contributed by atoms with van der Waals surface area (Å²) in [4.78, 5) is 2.03. The number of likely N-dealkylation sites (N-methyl/N-ethyl adjacent to an activating group) is 1. The number of hydrogen-bond acceptors (Lipinski definition) is 6. The number of aliphatic hydroxyl groups excluding tert-OH is 1. The van der Waals surface area contributed by atoms with Crippen molar-refractivity contribution in [2.45, 2.75) is 18.8 Å². The monoisotopic (exact) mass is 451 g/mol. The van der Waals surface area contributed by atoms with Crippen molar-refractivity contribution < 1.29 is 24.1 Å². The average molecular weight is 452 g/mol. The predicted octanol–water partition coefficient (Wildman–Crippen LogP) is 4.31. The summed E-state index contributed by atoms with van der Waals surface area (Å²) in [5.41, 5.74) is 3.05. The van der Waals surface area contributed by atoms with E-state index in [-0.39, 0.29) is 12.7 Å². The molecule has 1 N–H and O–H groups in total. The fourth-order valence-electron chi connectivity index (χ4n) is 3.90. The van der Waals surface area contributed by atoms with Crippen molar-refractivity contribution in [3.05, 3.63) is 89.5 Å². The zero-order chi connectivity index (χ0) is 23.6. The van der Waals surface area contributed by atoms with Crippen LogP contribution in [0.4, 0.5) is 0 Å². The zero-order valence-corrected chi connectivity index (χ0v) is 19.7. The third-order valence-electron chi connectivity index (χ3n) is 5.41. The van der Waals surface area contributed by atoms with Crippen LogP contribution in [0.25, 0.3) is 0 Å². The summed E-state index contributed by atoms with van der Waals surface area (Å²) in [6.07, 6.45) is -0.894. The Labute approximate surface area is 196 Å². The first-order chi connectivity index (χ1) is 16.1. The van der Waals surface area contributed by atoms with Gasteiger partial charge < -0.3 is 24.1 Å². The maximum Gasteiger partial charge on any atom is 0.203 e. The van der Waals surface area contributed by atoms with Gasteiger partial charge >= 0.3 is 0 Å². The number of aliphatic hydroxyl groups is 1. The lowest BCUT2D eigenvalue weighted by molar-refractivity contribution is -0.00632. The molecule has 3 aromatic rings. The van der Waals surface area contributed by atoms with E-state index in [0.717, 1.165) is 16.7 Å². The van der Waals surface area contributed by atoms with Gasteiger partial charge in [0.2, 0.25) is 5.75 Å². The van der Waals surface area contributed by atoms with Gasteiger partial charge in [-0.05, 0) is 24.2 Å². The van der Waals surface area contributed by atoms with Crippen molar-refractivity contribution in [2.75, 3.05) is 41.5 Å². The smallest absolute Gasteiger partial charge is 0.203 e. The molecule has 0 bridgehead atoms. The Hall–Kier alpha value is -3.06. The lowest BCUT2D eigenvalue weighted by Crippen LogP contribution is -2.32. The van der Waals surface area contributed by atoms with Crippen molar-refractivity contribution in [1.29, 1.82) is 0 Å². The van der Waals surface area contributed by atoms with Crippen molar-refractivity contribution in [3.63, 3.8) is 0 Å². The van der Waals surface area contributed by atoms with Crippen molar-refractivity contribution in [3.8, 4) is 17.2 Å². The summed E-state index contributed by atoms with van der Waals surface area (Å²) in [5, 5.41) is 10.7. The molecule has 6 nitrogen and oxygen atoms in total. The highest BCUT2D eigenvalue weighted by Crippen LogP contribution is 2.40. The maximum absolute atomic E-state index is 10.7. The third kappa shape index (κ3) is 6.48. The molecule has 0 radical (unpaired) electrons. The van der Waals surface area contributed by atoms with Crippen molar-refractivity contribution in [2.24, 2.45) is 0 Å². The van der Waals surface area contributed by atoms with Gasteiger partial charge in [-0.1, -0.05) is 66.7 Å². The molecule has 0 fully saturated rings. The SMILES string of the molecule is COc1ccc(CN(C)C[C@@H](O)COC(c2ccccc2)c2ccccc2)c(OC)c1OC. The lowest BCUT2D eigenvalue weighted by atomic mass is 10.0. The second kappa shape index (κ2) is 12.3. The Balaban J connectivity index is 1.64. The molecule has 0 spiro atoms. The van der Waals surface area contributed by atoms with E-state index in [0.29, 0.717) is 30.3 Å². The number of nitrogens with zero attached hydrogens (tertiary/aromatic N) is 1. The topological polar surface area (TPSA) is 60.4 Å². The summed E-state index contributed by atoms with van der Waals surface area (Å²) in [7, 11) is 6.74. The number of methoxy groups -OCH3 is 3. The molecular formula is C27H33NO5. The summed E-state index contributed by atoms with van der Waals surface area (Å²) < 4.78 is 22.6. The number of hydrogen-bond donors (Lipinski definition) is 1. The van der Waals surface area contributed by atoms with E-state index >= 15 is 0 Å². The molecule has 0 unspecified atom stereocenters. The molecule has 0 aliphatic heterocycles. The fourth-order valence-corrected chi connectivity index (χ4v) is 3.90. The average Bonchev–Trinajstić information content (AvgIpc) is 2.85. The molecule has 3 rings (SSSR count). The van der Waals surface area contributed by atoms with Crippen LogP contribution in [-0.2, 0) is 11.3 Å². The van der Waals surface area contributed by atoms with Crippen LogP contribution >= 0.6 is 0 Å². The van der Waals surface area contributed by atoms with Crippen LogP contribution in [0.2, 0.25) is 0 Å². The maximum atomic E-state index is 10.7. The van der Waals surface area contributed by atoms with Gasteiger partial charge in [0.1, 0.15) is 6.10 Å². The third-order valence-corrected chi connectivity index (χ3v) is 5.41. The predicted molar refractivity (Wildman–Crippen MR) is 129 cm³/mol. The first-order valence-corrected chi connectivity index (χ1v) is 10.9. The number of benzene rings is 3. The first-order valence-electron chi connectivity index (χ1n) is 10.9. The van der Waals surface area contributed by atoms with Crippen molar-refractivity contribution in [1.82, 2.24) is 4.90 Å². The Morgan fingerprint density at radius 2 is 1.33 bits per heavy atom. The molecule has 0 aliphatic rings. The highest BCUT2D eigenvalue weighted by atomic mass is 16.5. The van der Waals surface area contributed by atoms with Crippen LogP contribution in [0.15, 0.2) is 72.8 Å². The molecule has 1 atom stereocenters. The van der Waals surface area contributed by atoms with Crippen LogP contribution in [0.3, 0.4) is 0 Å². The second-order valence-corrected chi connectivity index (χ2v) is 7.88. The van der Waals surface area contributed by atoms with Crippen LogP contribution in [0.5, 0.6) is 17.2 Å². The molecule has 33 heavy (non-hydrogen) atoms. The quantitative estimate of drug-likeness (QED) is 0.443. The number of rotatable bonds is 12. The largest absolute Gasteiger partial charge is 0.493 e. The molecule has 6 heteroatoms. The molecule has 3 aromatic carbocycles. The lowest BCUT2D eigenvalue weighted by Gasteiger charge is -2.25. The molecule has 0 heterocycles. The molecule has 0 aromatic heterocycles. The molecule has 176 valence electrons. The van der Waals surface area contributed by atoms with Gasteiger partial charge in [0.05, 0.1) is 34.0 Å². The molecule has 0 aliphatic carbocycles. The Morgan fingerprint density at radius 3 is 1.85 bits per heavy atom. The first kappa shape index (κ1) is 24.6. The van der Waals surface area contributed by atoms with Gasteiger partial charge in [-0.2, -0.15) is 0 Å². The Morgan fingerprint density at radius 1 is 0.758 bits per heavy atom. The van der Waals surface area contributed by atoms with E-state index in [4.69, 9.17) is 18.9 Å². The summed E-state index contributed by atoms with van der Waals surface area (Å²) in [5.74, 6) is 1.80. The van der Waals surface area contributed by atoms with Crippen molar-refractivity contribution >= 4 is 0 Å². The summed E-state index contributed by atoms with van der Waals surface area (Å²) in [6.45, 7) is 1.22. The molecule has 0 saturated carbocycles. The minimum atomic E-state index is -0.656. The minimum Gasteiger partial charge on any atom is -0.493 e. The van der Waals surface area contributed by atoms with Crippen LogP contribution in [0, 0.1) is 0 Å². The summed E-state index contributed by atoms with van der Waals surface area (Å²) >= 11 is 0. The highest BCUT2D eigenvalue weighted by Gasteiger charge is 2.20. The fraction of sp³-hybridized carbons (Fsp3) is 0.333. The zero-order valence-electron chi connectivity index (χ0n) is 19.7. The van der Waals surface area contributed by atoms with E-state index in [9.17, 15) is 5.11 Å². The van der Waals surface area contributed by atoms with Gasteiger partial charge in [-0.15, -0.1) is 0 Å². The van der Waals surface area contributed by atoms with Gasteiger partial charge in [0, 0.05) is 18.7 Å². The van der Waals surface area contributed by atoms with Crippen LogP contribution in [0.1, 0.15) is 22.8 Å². The Bertz CT molecular complexity index is 941. The van der Waals surface area contributed by atoms with Crippen LogP contribution in [-0.4, -0.2) is 57.6 Å². The van der Waals surface area contributed by atoms with Crippen LogP contribution < -0.4 is 14.2 Å². The van der Waals surface area contributed by atoms with Gasteiger partial charge in [-0.25, -0.2) is 0 Å². The summed E-state index contributed by atoms with van der Waals surface area (Å²) in [6, 6.07) is 23.9. The van der Waals surface area contributed by atoms with E-state index in [1.165, 1.54) is 0 Å². The standard InChI is InChI=1S/C27H33NO5/c1-28(17-22-15-16-24(30-2)27(32-4)26(22)31-3)18-23(29)19-33-25(20-11-7-5-8-12-20)21-13-9-6-10-14-21/h5-16,23,25,29H,17-19H2,1-4H3/t23-/m1/s1. The molecule has 0 amide bonds. The van der Waals surface area contributed by atoms with E-state index in [1.54, 1.807) is 21.3 Å². The van der Waals surface area contributed by atoms with Gasteiger partial charge in [0.25, 0.3) is 0 Å². The Kier molecular flexibility index (Phi) is 9.13.